The quantitative estimate of drug-likeness (QED) is 0.437. The lowest BCUT2D eigenvalue weighted by Crippen LogP contribution is -2.49. The van der Waals surface area contributed by atoms with Gasteiger partial charge in [0.2, 0.25) is 0 Å². The summed E-state index contributed by atoms with van der Waals surface area (Å²) in [4.78, 5) is 23.5. The molecule has 0 aromatic heterocycles. The zero-order valence-corrected chi connectivity index (χ0v) is 19.8. The number of nitrogens with zero attached hydrogens (tertiary/aromatic N) is 3. The van der Waals surface area contributed by atoms with Crippen LogP contribution in [0.25, 0.3) is 0 Å². The van der Waals surface area contributed by atoms with Gasteiger partial charge in [-0.25, -0.2) is 9.79 Å². The van der Waals surface area contributed by atoms with Crippen LogP contribution in [0.2, 0.25) is 5.02 Å². The van der Waals surface area contributed by atoms with Crippen molar-refractivity contribution in [1.29, 1.82) is 0 Å². The summed E-state index contributed by atoms with van der Waals surface area (Å²) in [5.74, 6) is 0.697. The molecule has 4 rings (SSSR count). The summed E-state index contributed by atoms with van der Waals surface area (Å²) in [6.45, 7) is 7.45. The van der Waals surface area contributed by atoms with Gasteiger partial charge in [0.15, 0.2) is 0 Å². The molecule has 0 atom stereocenters. The van der Waals surface area contributed by atoms with Gasteiger partial charge in [0.25, 0.3) is 0 Å². The number of carbonyl (C=O) groups excluding carboxylic acids is 1. The van der Waals surface area contributed by atoms with Gasteiger partial charge in [-0.1, -0.05) is 35.5 Å². The number of carbonyl (C=O) groups is 1. The first kappa shape index (κ1) is 23.1. The summed E-state index contributed by atoms with van der Waals surface area (Å²) in [6, 6.07) is 14.3. The Morgan fingerprint density at radius 1 is 1.12 bits per heavy atom. The van der Waals surface area contributed by atoms with Gasteiger partial charge in [-0.05, 0) is 43.7 Å². The largest absolute Gasteiger partial charge is 0.464 e. The van der Waals surface area contributed by atoms with E-state index in [-0.39, 0.29) is 12.6 Å². The number of rotatable bonds is 7. The minimum absolute atomic E-state index is 0.0307. The first-order chi connectivity index (χ1) is 15.6. The predicted molar refractivity (Wildman–Crippen MR) is 128 cm³/mol. The minimum Gasteiger partial charge on any atom is -0.464 e. The van der Waals surface area contributed by atoms with E-state index in [0.29, 0.717) is 13.2 Å². The number of halogens is 1. The number of amidine groups is 1. The van der Waals surface area contributed by atoms with Gasteiger partial charge >= 0.3 is 5.97 Å². The molecule has 0 aliphatic carbocycles. The van der Waals surface area contributed by atoms with E-state index >= 15 is 0 Å². The van der Waals surface area contributed by atoms with Crippen molar-refractivity contribution in [3.8, 4) is 0 Å². The first-order valence-corrected chi connectivity index (χ1v) is 12.2. The van der Waals surface area contributed by atoms with Crippen molar-refractivity contribution in [1.82, 2.24) is 9.80 Å². The molecule has 8 heteroatoms. The molecule has 32 heavy (non-hydrogen) atoms. The zero-order valence-electron chi connectivity index (χ0n) is 18.3. The second-order valence-electron chi connectivity index (χ2n) is 7.69. The van der Waals surface area contributed by atoms with Crippen LogP contribution < -0.4 is 0 Å². The molecule has 0 amide bonds. The first-order valence-electron chi connectivity index (χ1n) is 11.0. The average Bonchev–Trinajstić information content (AvgIpc) is 2.96. The van der Waals surface area contributed by atoms with Gasteiger partial charge < -0.3 is 14.4 Å². The second-order valence-corrected chi connectivity index (χ2v) is 9.21. The fourth-order valence-electron chi connectivity index (χ4n) is 3.87. The van der Waals surface area contributed by atoms with Crippen LogP contribution in [0.1, 0.15) is 18.9 Å². The highest BCUT2D eigenvalue weighted by Gasteiger charge is 2.25. The van der Waals surface area contributed by atoms with E-state index in [0.717, 1.165) is 66.1 Å². The van der Waals surface area contributed by atoms with Crippen molar-refractivity contribution in [3.05, 3.63) is 53.1 Å². The topological polar surface area (TPSA) is 54.4 Å². The fourth-order valence-corrected chi connectivity index (χ4v) is 5.04. The molecule has 2 aliphatic heterocycles. The lowest BCUT2D eigenvalue weighted by molar-refractivity contribution is -0.148. The molecule has 0 radical (unpaired) electrons. The van der Waals surface area contributed by atoms with Crippen LogP contribution in [0.5, 0.6) is 0 Å². The SMILES string of the molecule is CCOC(=O)COCCCN1CCN(C2=Nc3ccccc3Sc3ccc(Cl)cc32)CC1. The number of hydrogen-bond acceptors (Lipinski definition) is 7. The smallest absolute Gasteiger partial charge is 0.332 e. The van der Waals surface area contributed by atoms with Crippen molar-refractivity contribution < 1.29 is 14.3 Å². The Kier molecular flexibility index (Phi) is 8.08. The third kappa shape index (κ3) is 5.84. The van der Waals surface area contributed by atoms with Crippen LogP contribution in [0.3, 0.4) is 0 Å². The summed E-state index contributed by atoms with van der Waals surface area (Å²) in [5, 5.41) is 0.726. The monoisotopic (exact) mass is 473 g/mol. The molecule has 1 saturated heterocycles. The third-order valence-electron chi connectivity index (χ3n) is 5.45. The van der Waals surface area contributed by atoms with E-state index < -0.39 is 0 Å². The highest BCUT2D eigenvalue weighted by atomic mass is 35.5. The molecule has 2 aromatic carbocycles. The van der Waals surface area contributed by atoms with Gasteiger partial charge in [-0.3, -0.25) is 4.90 Å². The summed E-state index contributed by atoms with van der Waals surface area (Å²) in [6.07, 6.45) is 0.892. The van der Waals surface area contributed by atoms with Gasteiger partial charge in [0, 0.05) is 59.7 Å². The van der Waals surface area contributed by atoms with Gasteiger partial charge in [0.05, 0.1) is 12.3 Å². The molecule has 0 saturated carbocycles. The Labute approximate surface area is 198 Å². The van der Waals surface area contributed by atoms with Gasteiger partial charge in [-0.15, -0.1) is 0 Å². The van der Waals surface area contributed by atoms with Crippen LogP contribution >= 0.6 is 23.4 Å². The maximum absolute atomic E-state index is 11.3. The lowest BCUT2D eigenvalue weighted by Gasteiger charge is -2.36. The number of benzene rings is 2. The van der Waals surface area contributed by atoms with Crippen molar-refractivity contribution in [3.63, 3.8) is 0 Å². The highest BCUT2D eigenvalue weighted by Crippen LogP contribution is 2.41. The van der Waals surface area contributed by atoms with Crippen LogP contribution in [-0.2, 0) is 14.3 Å². The van der Waals surface area contributed by atoms with Gasteiger partial charge in [0.1, 0.15) is 12.4 Å². The number of hydrogen-bond donors (Lipinski definition) is 0. The minimum atomic E-state index is -0.301. The van der Waals surface area contributed by atoms with Crippen LogP contribution in [0.4, 0.5) is 5.69 Å². The van der Waals surface area contributed by atoms with Crippen molar-refractivity contribution in [2.24, 2.45) is 4.99 Å². The Morgan fingerprint density at radius 2 is 1.94 bits per heavy atom. The lowest BCUT2D eigenvalue weighted by atomic mass is 10.1. The van der Waals surface area contributed by atoms with E-state index in [1.54, 1.807) is 18.7 Å². The highest BCUT2D eigenvalue weighted by molar-refractivity contribution is 7.99. The molecule has 2 aromatic rings. The molecule has 2 heterocycles. The van der Waals surface area contributed by atoms with Crippen LogP contribution in [-0.4, -0.2) is 74.1 Å². The number of esters is 1. The Bertz CT molecular complexity index is 977. The Balaban J connectivity index is 1.36. The van der Waals surface area contributed by atoms with Crippen molar-refractivity contribution in [2.45, 2.75) is 23.1 Å². The van der Waals surface area contributed by atoms with Crippen molar-refractivity contribution in [2.75, 3.05) is 52.5 Å². The molecular weight excluding hydrogens is 446 g/mol. The second kappa shape index (κ2) is 11.2. The maximum atomic E-state index is 11.3. The van der Waals surface area contributed by atoms with E-state index in [1.165, 1.54) is 4.90 Å². The summed E-state index contributed by atoms with van der Waals surface area (Å²) >= 11 is 8.10. The number of piperazine rings is 1. The Morgan fingerprint density at radius 3 is 2.75 bits per heavy atom. The molecule has 1 fully saturated rings. The maximum Gasteiger partial charge on any atom is 0.332 e. The molecule has 6 nitrogen and oxygen atoms in total. The third-order valence-corrected chi connectivity index (χ3v) is 6.83. The molecule has 0 N–H and O–H groups in total. The van der Waals surface area contributed by atoms with Crippen molar-refractivity contribution >= 4 is 40.9 Å². The normalized spacial score (nSPS) is 16.1. The molecule has 0 unspecified atom stereocenters. The number of fused-ring (bicyclic) bond motifs is 2. The summed E-state index contributed by atoms with van der Waals surface area (Å²) in [5.41, 5.74) is 2.10. The molecule has 2 aliphatic rings. The van der Waals surface area contributed by atoms with Gasteiger partial charge in [-0.2, -0.15) is 0 Å². The van der Waals surface area contributed by atoms with E-state index in [1.807, 2.05) is 18.2 Å². The molecule has 0 bridgehead atoms. The standard InChI is InChI=1S/C24H28ClN3O3S/c1-2-31-23(29)17-30-15-5-10-27-11-13-28(14-12-27)24-19-16-18(25)8-9-21(19)32-22-7-4-3-6-20(22)26-24/h3-4,6-9,16H,2,5,10-15,17H2,1H3. The van der Waals surface area contributed by atoms with E-state index in [2.05, 4.69) is 34.1 Å². The van der Waals surface area contributed by atoms with Crippen LogP contribution in [0.15, 0.2) is 57.2 Å². The zero-order chi connectivity index (χ0) is 22.3. The molecular formula is C24H28ClN3O3S. The number of para-hydroxylation sites is 1. The summed E-state index contributed by atoms with van der Waals surface area (Å²) in [7, 11) is 0. The average molecular weight is 474 g/mol. The molecule has 0 spiro atoms. The molecule has 170 valence electrons. The predicted octanol–water partition coefficient (Wildman–Crippen LogP) is 4.47. The number of aliphatic imine (C=N–C) groups is 1. The number of ether oxygens (including phenoxy) is 2. The fraction of sp³-hybridized carbons (Fsp3) is 0.417. The summed E-state index contributed by atoms with van der Waals surface area (Å²) < 4.78 is 10.3. The van der Waals surface area contributed by atoms with Crippen LogP contribution in [0, 0.1) is 0 Å². The van der Waals surface area contributed by atoms with E-state index in [4.69, 9.17) is 26.1 Å². The van der Waals surface area contributed by atoms with E-state index in [9.17, 15) is 4.79 Å². The Hall–Kier alpha value is -2.06.